The van der Waals surface area contributed by atoms with Gasteiger partial charge in [-0.1, -0.05) is 18.2 Å². The molecule has 3 heterocycles. The first-order valence-electron chi connectivity index (χ1n) is 13.8. The summed E-state index contributed by atoms with van der Waals surface area (Å²) in [5.74, 6) is 0.592. The summed E-state index contributed by atoms with van der Waals surface area (Å²) in [6.45, 7) is 4.83. The Labute approximate surface area is 241 Å². The predicted octanol–water partition coefficient (Wildman–Crippen LogP) is 2.33. The van der Waals surface area contributed by atoms with Crippen molar-refractivity contribution in [1.82, 2.24) is 14.2 Å². The molecule has 1 spiro atoms. The summed E-state index contributed by atoms with van der Waals surface area (Å²) in [5.41, 5.74) is 0.352. The molecule has 0 unspecified atom stereocenters. The molecule has 0 aliphatic carbocycles. The minimum absolute atomic E-state index is 0.163. The average Bonchev–Trinajstić information content (AvgIpc) is 3.35. The lowest BCUT2D eigenvalue weighted by Gasteiger charge is -2.38. The van der Waals surface area contributed by atoms with Crippen LogP contribution >= 0.6 is 0 Å². The van der Waals surface area contributed by atoms with Gasteiger partial charge in [0.15, 0.2) is 0 Å². The van der Waals surface area contributed by atoms with E-state index in [9.17, 15) is 21.6 Å². The van der Waals surface area contributed by atoms with Gasteiger partial charge in [-0.3, -0.25) is 9.52 Å². The zero-order valence-electron chi connectivity index (χ0n) is 23.0. The first-order valence-corrected chi connectivity index (χ1v) is 16.5. The van der Waals surface area contributed by atoms with Crippen molar-refractivity contribution >= 4 is 37.5 Å². The Bertz CT molecular complexity index is 1620. The largest absolute Gasteiger partial charge is 0.493 e. The first kappa shape index (κ1) is 29.5. The Morgan fingerprint density at radius 3 is 2.66 bits per heavy atom. The molecule has 5 rings (SSSR count). The van der Waals surface area contributed by atoms with E-state index in [1.165, 1.54) is 10.5 Å². The van der Waals surface area contributed by atoms with Crippen molar-refractivity contribution in [2.75, 3.05) is 37.6 Å². The minimum atomic E-state index is -3.95. The SMILES string of the molecule is CCn1cc(S(=O)(=O)N2CCC3(CC2)C[C@@H](NCCCOc2cccc(N[SH](=O)=O)c2)CO3)c(=O)c2ccccc21. The van der Waals surface area contributed by atoms with Crippen LogP contribution in [-0.2, 0) is 32.2 Å². The molecule has 0 bridgehead atoms. The molecule has 1 atom stereocenters. The highest BCUT2D eigenvalue weighted by molar-refractivity contribution is 7.89. The van der Waals surface area contributed by atoms with Crippen LogP contribution in [0.25, 0.3) is 10.9 Å². The molecule has 2 fully saturated rings. The number of rotatable bonds is 11. The second kappa shape index (κ2) is 12.5. The Kier molecular flexibility index (Phi) is 9.00. The summed E-state index contributed by atoms with van der Waals surface area (Å²) in [7, 11) is -6.67. The molecule has 0 amide bonds. The van der Waals surface area contributed by atoms with E-state index in [4.69, 9.17) is 9.47 Å². The summed E-state index contributed by atoms with van der Waals surface area (Å²) in [6.07, 6.45) is 4.17. The van der Waals surface area contributed by atoms with Gasteiger partial charge in [-0.15, -0.1) is 0 Å². The van der Waals surface area contributed by atoms with Gasteiger partial charge in [0.25, 0.3) is 0 Å². The standard InChI is InChI=1S/C28H36N4O7S2/c1-2-31-19-26(27(33)24-9-3-4-10-25(24)31)41(36,37)32-14-11-28(12-15-32)18-22(20-39-28)29-13-6-16-38-23-8-5-7-21(17-23)30-40(34)35/h3-5,7-10,17,19,22,29,40H,2,6,11-16,18,20H2,1H3,(H,30,34,35)/t22-/m1/s1. The monoisotopic (exact) mass is 604 g/mol. The Morgan fingerprint density at radius 1 is 1.12 bits per heavy atom. The van der Waals surface area contributed by atoms with Crippen molar-refractivity contribution < 1.29 is 26.3 Å². The lowest BCUT2D eigenvalue weighted by molar-refractivity contribution is -0.0311. The zero-order valence-corrected chi connectivity index (χ0v) is 24.7. The molecule has 3 aromatic rings. The van der Waals surface area contributed by atoms with Crippen LogP contribution in [0.1, 0.15) is 32.6 Å². The number of fused-ring (bicyclic) bond motifs is 1. The van der Waals surface area contributed by atoms with Crippen LogP contribution in [0.5, 0.6) is 5.75 Å². The molecule has 2 aliphatic rings. The Hall–Kier alpha value is -2.97. The van der Waals surface area contributed by atoms with Crippen LogP contribution in [-0.4, -0.2) is 70.2 Å². The lowest BCUT2D eigenvalue weighted by atomic mass is 9.88. The summed E-state index contributed by atoms with van der Waals surface area (Å²) in [4.78, 5) is 13.0. The number of nitrogens with zero attached hydrogens (tertiary/aromatic N) is 2. The van der Waals surface area contributed by atoms with Gasteiger partial charge in [0.1, 0.15) is 10.6 Å². The van der Waals surface area contributed by atoms with Crippen molar-refractivity contribution in [3.63, 3.8) is 0 Å². The van der Waals surface area contributed by atoms with Gasteiger partial charge in [0, 0.05) is 43.3 Å². The molecule has 13 heteroatoms. The second-order valence-electron chi connectivity index (χ2n) is 10.5. The van der Waals surface area contributed by atoms with Crippen LogP contribution in [0.3, 0.4) is 0 Å². The number of benzene rings is 2. The Balaban J connectivity index is 1.12. The molecule has 0 radical (unpaired) electrons. The normalized spacial score (nSPS) is 19.2. The van der Waals surface area contributed by atoms with E-state index in [-0.39, 0.29) is 16.5 Å². The number of pyridine rings is 1. The predicted molar refractivity (Wildman–Crippen MR) is 157 cm³/mol. The average molecular weight is 605 g/mol. The van der Waals surface area contributed by atoms with E-state index in [0.717, 1.165) is 24.9 Å². The van der Waals surface area contributed by atoms with Crippen molar-refractivity contribution in [3.8, 4) is 5.75 Å². The summed E-state index contributed by atoms with van der Waals surface area (Å²) in [6, 6.07) is 14.1. The maximum Gasteiger partial charge on any atom is 0.248 e. The molecule has 0 saturated carbocycles. The number of thiol groups is 1. The van der Waals surface area contributed by atoms with Crippen LogP contribution in [0.15, 0.2) is 64.4 Å². The second-order valence-corrected chi connectivity index (χ2v) is 13.1. The smallest absolute Gasteiger partial charge is 0.248 e. The van der Waals surface area contributed by atoms with E-state index in [0.29, 0.717) is 62.5 Å². The van der Waals surface area contributed by atoms with Crippen LogP contribution in [0.2, 0.25) is 0 Å². The zero-order chi connectivity index (χ0) is 29.0. The number of piperidine rings is 1. The van der Waals surface area contributed by atoms with E-state index in [2.05, 4.69) is 10.0 Å². The quantitative estimate of drug-likeness (QED) is 0.224. The van der Waals surface area contributed by atoms with Crippen LogP contribution in [0.4, 0.5) is 5.69 Å². The maximum atomic E-state index is 13.6. The fourth-order valence-corrected chi connectivity index (χ4v) is 7.59. The van der Waals surface area contributed by atoms with E-state index in [1.54, 1.807) is 36.4 Å². The summed E-state index contributed by atoms with van der Waals surface area (Å²) >= 11 is 0. The third kappa shape index (κ3) is 6.59. The number of hydrogen-bond donors (Lipinski definition) is 3. The molecular formula is C28H36N4O7S2. The van der Waals surface area contributed by atoms with Gasteiger partial charge >= 0.3 is 0 Å². The molecule has 41 heavy (non-hydrogen) atoms. The fourth-order valence-electron chi connectivity index (χ4n) is 5.69. The highest BCUT2D eigenvalue weighted by Crippen LogP contribution is 2.37. The number of nitrogens with one attached hydrogen (secondary N) is 2. The third-order valence-corrected chi connectivity index (χ3v) is 10.2. The number of aromatic nitrogens is 1. The van der Waals surface area contributed by atoms with Gasteiger partial charge in [-0.25, -0.2) is 16.8 Å². The van der Waals surface area contributed by atoms with Gasteiger partial charge in [0.05, 0.1) is 30.0 Å². The number of hydrogen-bond acceptors (Lipinski definition) is 8. The molecule has 11 nitrogen and oxygen atoms in total. The van der Waals surface area contributed by atoms with Gasteiger partial charge in [-0.2, -0.15) is 4.31 Å². The fraction of sp³-hybridized carbons (Fsp3) is 0.464. The molecular weight excluding hydrogens is 568 g/mol. The van der Waals surface area contributed by atoms with Gasteiger partial charge < -0.3 is 19.4 Å². The molecule has 2 N–H and O–H groups in total. The van der Waals surface area contributed by atoms with Crippen LogP contribution < -0.4 is 20.2 Å². The van der Waals surface area contributed by atoms with Crippen LogP contribution in [0, 0.1) is 0 Å². The summed E-state index contributed by atoms with van der Waals surface area (Å²) < 4.78 is 66.3. The van der Waals surface area contributed by atoms with Crippen molar-refractivity contribution in [2.24, 2.45) is 0 Å². The highest BCUT2D eigenvalue weighted by Gasteiger charge is 2.45. The summed E-state index contributed by atoms with van der Waals surface area (Å²) in [5, 5.41) is 3.92. The Morgan fingerprint density at radius 2 is 1.90 bits per heavy atom. The lowest BCUT2D eigenvalue weighted by Crippen LogP contribution is -2.47. The minimum Gasteiger partial charge on any atom is -0.493 e. The van der Waals surface area contributed by atoms with E-state index >= 15 is 0 Å². The molecule has 1 aromatic heterocycles. The first-order chi connectivity index (χ1) is 19.7. The molecule has 2 saturated heterocycles. The van der Waals surface area contributed by atoms with E-state index in [1.807, 2.05) is 23.6 Å². The van der Waals surface area contributed by atoms with E-state index < -0.39 is 26.3 Å². The molecule has 2 aromatic carbocycles. The number of para-hydroxylation sites is 1. The number of ether oxygens (including phenoxy) is 2. The highest BCUT2D eigenvalue weighted by atomic mass is 32.2. The molecule has 222 valence electrons. The third-order valence-electron chi connectivity index (χ3n) is 7.83. The van der Waals surface area contributed by atoms with Crippen molar-refractivity contribution in [1.29, 1.82) is 0 Å². The van der Waals surface area contributed by atoms with Gasteiger partial charge in [0.2, 0.25) is 26.3 Å². The maximum absolute atomic E-state index is 13.6. The number of anilines is 1. The van der Waals surface area contributed by atoms with Crippen molar-refractivity contribution in [2.45, 2.75) is 55.7 Å². The number of sulfonamides is 1. The van der Waals surface area contributed by atoms with Gasteiger partial charge in [-0.05, 0) is 63.4 Å². The topological polar surface area (TPSA) is 136 Å². The van der Waals surface area contributed by atoms with Crippen molar-refractivity contribution in [3.05, 3.63) is 65.0 Å². The number of aryl methyl sites for hydroxylation is 1. The molecule has 2 aliphatic heterocycles.